The Morgan fingerprint density at radius 1 is 0.976 bits per heavy atom. The lowest BCUT2D eigenvalue weighted by atomic mass is 10.0. The van der Waals surface area contributed by atoms with E-state index >= 15 is 0 Å². The molecule has 0 spiro atoms. The number of piperazine rings is 1. The zero-order valence-corrected chi connectivity index (χ0v) is 25.5. The SMILES string of the molecule is CN=Cc1ccc(CN2CCC(N3CCN(c4ncc(C(=O)NCc5ccc(Cl)cc5Cl)cc4Cl)CC3)CC2)cc1. The van der Waals surface area contributed by atoms with Gasteiger partial charge in [-0.05, 0) is 60.8 Å². The van der Waals surface area contributed by atoms with E-state index in [9.17, 15) is 4.79 Å². The molecule has 10 heteroatoms. The molecule has 216 valence electrons. The third kappa shape index (κ3) is 7.79. The minimum atomic E-state index is -0.254. The Bertz CT molecular complexity index is 1370. The number of piperidine rings is 1. The lowest BCUT2D eigenvalue weighted by Gasteiger charge is -2.43. The summed E-state index contributed by atoms with van der Waals surface area (Å²) in [5.74, 6) is 0.478. The van der Waals surface area contributed by atoms with Crippen molar-refractivity contribution in [3.63, 3.8) is 0 Å². The first kappa shape index (κ1) is 29.8. The topological polar surface area (TPSA) is 64.1 Å². The number of hydrogen-bond acceptors (Lipinski definition) is 6. The molecular formula is C31H35Cl3N6O. The van der Waals surface area contributed by atoms with Gasteiger partial charge in [-0.3, -0.25) is 19.6 Å². The fourth-order valence-corrected chi connectivity index (χ4v) is 6.35. The number of amides is 1. The largest absolute Gasteiger partial charge is 0.353 e. The molecule has 3 heterocycles. The summed E-state index contributed by atoms with van der Waals surface area (Å²) < 4.78 is 0. The Labute approximate surface area is 257 Å². The summed E-state index contributed by atoms with van der Waals surface area (Å²) in [5.41, 5.74) is 3.70. The minimum absolute atomic E-state index is 0.254. The molecule has 41 heavy (non-hydrogen) atoms. The molecule has 1 amide bonds. The van der Waals surface area contributed by atoms with Crippen LogP contribution in [-0.4, -0.2) is 79.3 Å². The third-order valence-electron chi connectivity index (χ3n) is 7.89. The van der Waals surface area contributed by atoms with Gasteiger partial charge in [0.1, 0.15) is 5.82 Å². The fourth-order valence-electron chi connectivity index (χ4n) is 5.59. The van der Waals surface area contributed by atoms with Gasteiger partial charge in [-0.1, -0.05) is 65.1 Å². The number of nitrogens with zero attached hydrogens (tertiary/aromatic N) is 5. The molecule has 0 atom stereocenters. The molecule has 0 aliphatic carbocycles. The van der Waals surface area contributed by atoms with Crippen LogP contribution in [0, 0.1) is 0 Å². The number of anilines is 1. The van der Waals surface area contributed by atoms with Gasteiger partial charge in [0.2, 0.25) is 0 Å². The van der Waals surface area contributed by atoms with Crippen LogP contribution in [0.5, 0.6) is 0 Å². The van der Waals surface area contributed by atoms with E-state index in [0.717, 1.165) is 62.8 Å². The Kier molecular flexibility index (Phi) is 10.2. The highest BCUT2D eigenvalue weighted by Gasteiger charge is 2.28. The highest BCUT2D eigenvalue weighted by molar-refractivity contribution is 6.35. The van der Waals surface area contributed by atoms with Gasteiger partial charge in [-0.2, -0.15) is 0 Å². The summed E-state index contributed by atoms with van der Waals surface area (Å²) in [6.07, 6.45) is 5.84. The monoisotopic (exact) mass is 612 g/mol. The molecule has 1 aromatic heterocycles. The second-order valence-electron chi connectivity index (χ2n) is 10.6. The van der Waals surface area contributed by atoms with E-state index in [0.29, 0.717) is 26.7 Å². The molecule has 0 radical (unpaired) electrons. The number of likely N-dealkylation sites (tertiary alicyclic amines) is 1. The Morgan fingerprint density at radius 3 is 2.37 bits per heavy atom. The van der Waals surface area contributed by atoms with Crippen molar-refractivity contribution in [3.05, 3.63) is 92.0 Å². The van der Waals surface area contributed by atoms with Gasteiger partial charge in [-0.25, -0.2) is 4.98 Å². The van der Waals surface area contributed by atoms with Crippen LogP contribution in [-0.2, 0) is 13.1 Å². The first-order valence-corrected chi connectivity index (χ1v) is 15.1. The quantitative estimate of drug-likeness (QED) is 0.325. The summed E-state index contributed by atoms with van der Waals surface area (Å²) in [5, 5.41) is 4.43. The average Bonchev–Trinajstić information content (AvgIpc) is 2.98. The van der Waals surface area contributed by atoms with E-state index in [1.165, 1.54) is 18.4 Å². The number of aromatic nitrogens is 1. The summed E-state index contributed by atoms with van der Waals surface area (Å²) >= 11 is 18.8. The maximum absolute atomic E-state index is 12.7. The number of pyridine rings is 1. The number of carbonyl (C=O) groups is 1. The Balaban J connectivity index is 1.08. The van der Waals surface area contributed by atoms with Crippen molar-refractivity contribution in [2.45, 2.75) is 32.0 Å². The van der Waals surface area contributed by atoms with Crippen molar-refractivity contribution in [2.24, 2.45) is 4.99 Å². The number of hydrogen-bond donors (Lipinski definition) is 1. The van der Waals surface area contributed by atoms with Crippen molar-refractivity contribution in [3.8, 4) is 0 Å². The maximum atomic E-state index is 12.7. The number of rotatable bonds is 8. The lowest BCUT2D eigenvalue weighted by Crippen LogP contribution is -2.53. The van der Waals surface area contributed by atoms with Crippen LogP contribution in [0.15, 0.2) is 59.7 Å². The van der Waals surface area contributed by atoms with Gasteiger partial charge in [0, 0.05) is 74.8 Å². The van der Waals surface area contributed by atoms with Crippen molar-refractivity contribution in [2.75, 3.05) is 51.2 Å². The molecular weight excluding hydrogens is 579 g/mol. The molecule has 2 aliphatic heterocycles. The summed E-state index contributed by atoms with van der Waals surface area (Å²) in [7, 11) is 1.80. The van der Waals surface area contributed by atoms with E-state index in [1.54, 1.807) is 37.5 Å². The molecule has 0 saturated carbocycles. The van der Waals surface area contributed by atoms with Crippen molar-refractivity contribution < 1.29 is 4.79 Å². The smallest absolute Gasteiger partial charge is 0.253 e. The van der Waals surface area contributed by atoms with Crippen LogP contribution in [0.1, 0.15) is 39.9 Å². The molecule has 0 unspecified atom stereocenters. The highest BCUT2D eigenvalue weighted by Crippen LogP contribution is 2.27. The number of halogens is 3. The van der Waals surface area contributed by atoms with Crippen molar-refractivity contribution in [1.29, 1.82) is 0 Å². The van der Waals surface area contributed by atoms with Crippen LogP contribution in [0.2, 0.25) is 15.1 Å². The van der Waals surface area contributed by atoms with Crippen molar-refractivity contribution in [1.82, 2.24) is 20.1 Å². The van der Waals surface area contributed by atoms with E-state index in [2.05, 4.69) is 54.3 Å². The van der Waals surface area contributed by atoms with Crippen LogP contribution < -0.4 is 10.2 Å². The van der Waals surface area contributed by atoms with Crippen LogP contribution in [0.25, 0.3) is 0 Å². The lowest BCUT2D eigenvalue weighted by molar-refractivity contribution is 0.0950. The van der Waals surface area contributed by atoms with E-state index in [1.807, 2.05) is 6.21 Å². The zero-order valence-electron chi connectivity index (χ0n) is 23.2. The predicted molar refractivity (Wildman–Crippen MR) is 169 cm³/mol. The molecule has 3 aromatic rings. The average molecular weight is 614 g/mol. The second kappa shape index (κ2) is 14.0. The minimum Gasteiger partial charge on any atom is -0.353 e. The number of aliphatic imine (C=N–C) groups is 1. The van der Waals surface area contributed by atoms with Crippen molar-refractivity contribution >= 4 is 52.7 Å². The molecule has 2 saturated heterocycles. The molecule has 5 rings (SSSR count). The Morgan fingerprint density at radius 2 is 1.71 bits per heavy atom. The Hall–Kier alpha value is -2.68. The van der Waals surface area contributed by atoms with Gasteiger partial charge >= 0.3 is 0 Å². The molecule has 1 N–H and O–H groups in total. The summed E-state index contributed by atoms with van der Waals surface area (Å²) in [4.78, 5) is 28.8. The predicted octanol–water partition coefficient (Wildman–Crippen LogP) is 5.81. The van der Waals surface area contributed by atoms with E-state index in [4.69, 9.17) is 34.8 Å². The summed E-state index contributed by atoms with van der Waals surface area (Å²) in [6.45, 7) is 7.20. The van der Waals surface area contributed by atoms with Gasteiger partial charge in [0.15, 0.2) is 0 Å². The molecule has 2 aromatic carbocycles. The van der Waals surface area contributed by atoms with Gasteiger partial charge in [-0.15, -0.1) is 0 Å². The standard InChI is InChI=1S/C31H35Cl3N6O/c1-35-18-22-2-4-23(5-3-22)21-38-10-8-27(9-11-38)39-12-14-40(15-13-39)30-29(34)16-25(20-36-30)31(41)37-19-24-6-7-26(32)17-28(24)33/h2-7,16-18,20,27H,8-15,19,21H2,1H3,(H,37,41). The van der Waals surface area contributed by atoms with Gasteiger partial charge in [0.25, 0.3) is 5.91 Å². The number of nitrogens with one attached hydrogen (secondary N) is 1. The van der Waals surface area contributed by atoms with E-state index in [-0.39, 0.29) is 12.5 Å². The van der Waals surface area contributed by atoms with E-state index < -0.39 is 0 Å². The molecule has 0 bridgehead atoms. The normalized spacial score (nSPS) is 17.3. The fraction of sp³-hybridized carbons (Fsp3) is 0.387. The highest BCUT2D eigenvalue weighted by atomic mass is 35.5. The number of benzene rings is 2. The third-order valence-corrected chi connectivity index (χ3v) is 8.75. The molecule has 2 aliphatic rings. The second-order valence-corrected chi connectivity index (χ2v) is 11.9. The van der Waals surface area contributed by atoms with Gasteiger partial charge in [0.05, 0.1) is 10.6 Å². The van der Waals surface area contributed by atoms with Crippen LogP contribution in [0.4, 0.5) is 5.82 Å². The summed E-state index contributed by atoms with van der Waals surface area (Å²) in [6, 6.07) is 16.2. The first-order chi connectivity index (χ1) is 19.9. The number of carbonyl (C=O) groups excluding carboxylic acids is 1. The zero-order chi connectivity index (χ0) is 28.8. The molecule has 7 nitrogen and oxygen atoms in total. The maximum Gasteiger partial charge on any atom is 0.253 e. The molecule has 2 fully saturated rings. The first-order valence-electron chi connectivity index (χ1n) is 14.0. The van der Waals surface area contributed by atoms with Crippen LogP contribution in [0.3, 0.4) is 0 Å². The van der Waals surface area contributed by atoms with Crippen LogP contribution >= 0.6 is 34.8 Å². The van der Waals surface area contributed by atoms with Gasteiger partial charge < -0.3 is 10.2 Å².